The predicted molar refractivity (Wildman–Crippen MR) is 80.7 cm³/mol. The van der Waals surface area contributed by atoms with E-state index in [0.29, 0.717) is 30.2 Å². The molecule has 1 fully saturated rings. The Bertz CT molecular complexity index is 741. The van der Waals surface area contributed by atoms with Gasteiger partial charge in [-0.05, 0) is 18.2 Å². The minimum atomic E-state index is -0.341. The molecular weight excluding hydrogens is 299 g/mol. The molecule has 1 N–H and O–H groups in total. The zero-order chi connectivity index (χ0) is 15.8. The Morgan fingerprint density at radius 2 is 2.17 bits per heavy atom. The van der Waals surface area contributed by atoms with Crippen molar-refractivity contribution in [2.75, 3.05) is 19.6 Å². The normalized spacial score (nSPS) is 17.8. The highest BCUT2D eigenvalue weighted by Gasteiger charge is 2.34. The van der Waals surface area contributed by atoms with E-state index in [9.17, 15) is 9.18 Å². The fourth-order valence-corrected chi connectivity index (χ4v) is 2.89. The summed E-state index contributed by atoms with van der Waals surface area (Å²) in [6.45, 7) is 3.30. The van der Waals surface area contributed by atoms with Crippen molar-refractivity contribution in [3.63, 3.8) is 0 Å². The molecule has 7 heteroatoms. The molecule has 0 radical (unpaired) electrons. The first-order chi connectivity index (χ1) is 11.2. The van der Waals surface area contributed by atoms with E-state index >= 15 is 0 Å². The van der Waals surface area contributed by atoms with Crippen molar-refractivity contribution in [3.05, 3.63) is 47.5 Å². The molecule has 4 rings (SSSR count). The van der Waals surface area contributed by atoms with Crippen LogP contribution in [0.15, 0.2) is 30.3 Å². The van der Waals surface area contributed by atoms with E-state index in [-0.39, 0.29) is 24.4 Å². The number of nitrogens with one attached hydrogen (secondary N) is 1. The molecule has 3 heterocycles. The van der Waals surface area contributed by atoms with Crippen LogP contribution in [0.5, 0.6) is 5.75 Å². The summed E-state index contributed by atoms with van der Waals surface area (Å²) in [4.78, 5) is 14.4. The number of fused-ring (bicyclic) bond motifs is 1. The Hall–Kier alpha value is -2.41. The van der Waals surface area contributed by atoms with Gasteiger partial charge < -0.3 is 15.0 Å². The van der Waals surface area contributed by atoms with Crippen LogP contribution in [0, 0.1) is 5.82 Å². The molecule has 120 valence electrons. The lowest BCUT2D eigenvalue weighted by Gasteiger charge is -2.40. The monoisotopic (exact) mass is 316 g/mol. The van der Waals surface area contributed by atoms with Crippen LogP contribution in [0.1, 0.15) is 16.2 Å². The number of ether oxygens (including phenoxy) is 1. The number of hydrogen-bond donors (Lipinski definition) is 1. The Labute approximate surface area is 132 Å². The van der Waals surface area contributed by atoms with Crippen LogP contribution < -0.4 is 10.1 Å². The van der Waals surface area contributed by atoms with Crippen molar-refractivity contribution in [1.29, 1.82) is 0 Å². The Balaban J connectivity index is 1.47. The van der Waals surface area contributed by atoms with E-state index in [0.717, 1.165) is 13.1 Å². The lowest BCUT2D eigenvalue weighted by atomic mass is 10.1. The van der Waals surface area contributed by atoms with Crippen molar-refractivity contribution < 1.29 is 13.9 Å². The van der Waals surface area contributed by atoms with E-state index in [1.807, 2.05) is 4.90 Å². The largest absolute Gasteiger partial charge is 0.487 e. The first-order valence-electron chi connectivity index (χ1n) is 7.67. The van der Waals surface area contributed by atoms with E-state index in [1.165, 1.54) is 12.1 Å². The highest BCUT2D eigenvalue weighted by molar-refractivity contribution is 5.93. The maximum absolute atomic E-state index is 13.1. The van der Waals surface area contributed by atoms with Crippen LogP contribution in [0.4, 0.5) is 4.39 Å². The van der Waals surface area contributed by atoms with Gasteiger partial charge in [0.2, 0.25) is 0 Å². The van der Waals surface area contributed by atoms with Gasteiger partial charge in [-0.3, -0.25) is 9.48 Å². The van der Waals surface area contributed by atoms with E-state index in [2.05, 4.69) is 10.4 Å². The van der Waals surface area contributed by atoms with Crippen molar-refractivity contribution in [2.24, 2.45) is 0 Å². The number of carbonyl (C=O) groups excluding carboxylic acids is 1. The van der Waals surface area contributed by atoms with Crippen LogP contribution in [-0.4, -0.2) is 46.3 Å². The fraction of sp³-hybridized carbons (Fsp3) is 0.375. The molecule has 0 aliphatic carbocycles. The van der Waals surface area contributed by atoms with Crippen LogP contribution in [-0.2, 0) is 13.2 Å². The number of benzene rings is 1. The molecule has 0 spiro atoms. The summed E-state index contributed by atoms with van der Waals surface area (Å²) in [6.07, 6.45) is 0. The van der Waals surface area contributed by atoms with Gasteiger partial charge in [0.25, 0.3) is 5.91 Å². The summed E-state index contributed by atoms with van der Waals surface area (Å²) in [5.41, 5.74) is 1.27. The molecule has 0 saturated carbocycles. The van der Waals surface area contributed by atoms with Crippen LogP contribution in [0.3, 0.4) is 0 Å². The smallest absolute Gasteiger partial charge is 0.272 e. The number of carbonyl (C=O) groups is 1. The summed E-state index contributed by atoms with van der Waals surface area (Å²) in [5, 5.41) is 7.60. The molecule has 23 heavy (non-hydrogen) atoms. The van der Waals surface area contributed by atoms with Crippen molar-refractivity contribution in [2.45, 2.75) is 19.2 Å². The lowest BCUT2D eigenvalue weighted by Crippen LogP contribution is -2.60. The maximum atomic E-state index is 13.1. The van der Waals surface area contributed by atoms with Crippen LogP contribution >= 0.6 is 0 Å². The number of nitrogens with zero attached hydrogens (tertiary/aromatic N) is 3. The standard InChI is InChI=1S/C16H17FN4O2/c17-11-2-1-3-14(6-11)23-10-12-7-15-16(22)20(13-8-18-9-13)4-5-21(15)19-12/h1-3,6-7,13,18H,4-5,8-10H2. The Morgan fingerprint density at radius 1 is 1.30 bits per heavy atom. The highest BCUT2D eigenvalue weighted by atomic mass is 19.1. The van der Waals surface area contributed by atoms with Gasteiger partial charge in [0.15, 0.2) is 0 Å². The molecule has 1 aromatic heterocycles. The third-order valence-electron chi connectivity index (χ3n) is 4.25. The summed E-state index contributed by atoms with van der Waals surface area (Å²) >= 11 is 0. The third-order valence-corrected chi connectivity index (χ3v) is 4.25. The molecule has 1 amide bonds. The Kier molecular flexibility index (Phi) is 3.49. The van der Waals surface area contributed by atoms with Crippen molar-refractivity contribution in [1.82, 2.24) is 20.0 Å². The average molecular weight is 316 g/mol. The molecule has 6 nitrogen and oxygen atoms in total. The van der Waals surface area contributed by atoms with Gasteiger partial charge in [-0.2, -0.15) is 5.10 Å². The molecule has 1 saturated heterocycles. The SMILES string of the molecule is O=C1c2cc(COc3cccc(F)c3)nn2CCN1C1CNC1. The van der Waals surface area contributed by atoms with E-state index in [1.54, 1.807) is 22.9 Å². The molecular formula is C16H17FN4O2. The number of aromatic nitrogens is 2. The number of halogens is 1. The quantitative estimate of drug-likeness (QED) is 0.915. The molecule has 0 atom stereocenters. The molecule has 2 aliphatic heterocycles. The van der Waals surface area contributed by atoms with Gasteiger partial charge in [-0.1, -0.05) is 6.07 Å². The van der Waals surface area contributed by atoms with Gasteiger partial charge in [0, 0.05) is 25.7 Å². The summed E-state index contributed by atoms with van der Waals surface area (Å²) in [6, 6.07) is 8.03. The maximum Gasteiger partial charge on any atom is 0.272 e. The van der Waals surface area contributed by atoms with Gasteiger partial charge in [-0.15, -0.1) is 0 Å². The van der Waals surface area contributed by atoms with Crippen LogP contribution in [0.2, 0.25) is 0 Å². The molecule has 0 unspecified atom stereocenters. The average Bonchev–Trinajstić information content (AvgIpc) is 2.90. The number of hydrogen-bond acceptors (Lipinski definition) is 4. The number of rotatable bonds is 4. The molecule has 0 bridgehead atoms. The minimum Gasteiger partial charge on any atom is -0.487 e. The fourth-order valence-electron chi connectivity index (χ4n) is 2.89. The van der Waals surface area contributed by atoms with E-state index < -0.39 is 0 Å². The Morgan fingerprint density at radius 3 is 2.91 bits per heavy atom. The van der Waals surface area contributed by atoms with Crippen molar-refractivity contribution in [3.8, 4) is 5.75 Å². The second kappa shape index (κ2) is 5.66. The van der Waals surface area contributed by atoms with Crippen molar-refractivity contribution >= 4 is 5.91 Å². The predicted octanol–water partition coefficient (Wildman–Crippen LogP) is 1.03. The number of amides is 1. The molecule has 2 aliphatic rings. The highest BCUT2D eigenvalue weighted by Crippen LogP contribution is 2.19. The first kappa shape index (κ1) is 14.2. The lowest BCUT2D eigenvalue weighted by molar-refractivity contribution is 0.0543. The topological polar surface area (TPSA) is 59.4 Å². The molecule has 1 aromatic carbocycles. The van der Waals surface area contributed by atoms with Crippen LogP contribution in [0.25, 0.3) is 0 Å². The second-order valence-corrected chi connectivity index (χ2v) is 5.80. The first-order valence-corrected chi connectivity index (χ1v) is 7.67. The van der Waals surface area contributed by atoms with Gasteiger partial charge in [0.1, 0.15) is 29.6 Å². The zero-order valence-corrected chi connectivity index (χ0v) is 12.5. The van der Waals surface area contributed by atoms with Gasteiger partial charge >= 0.3 is 0 Å². The summed E-state index contributed by atoms with van der Waals surface area (Å²) < 4.78 is 20.4. The third kappa shape index (κ3) is 2.68. The minimum absolute atomic E-state index is 0.0206. The van der Waals surface area contributed by atoms with E-state index in [4.69, 9.17) is 4.74 Å². The van der Waals surface area contributed by atoms with Gasteiger partial charge in [-0.25, -0.2) is 4.39 Å². The summed E-state index contributed by atoms with van der Waals surface area (Å²) in [7, 11) is 0. The van der Waals surface area contributed by atoms with Gasteiger partial charge in [0.05, 0.1) is 12.6 Å². The molecule has 2 aromatic rings. The summed E-state index contributed by atoms with van der Waals surface area (Å²) in [5.74, 6) is 0.128. The second-order valence-electron chi connectivity index (χ2n) is 5.80. The zero-order valence-electron chi connectivity index (χ0n) is 12.5.